The van der Waals surface area contributed by atoms with E-state index in [1.807, 2.05) is 12.3 Å². The van der Waals surface area contributed by atoms with Crippen LogP contribution in [0.2, 0.25) is 0 Å². The number of aromatic nitrogens is 4. The maximum absolute atomic E-state index is 6.75. The molecule has 0 amide bonds. The Bertz CT molecular complexity index is 2270. The van der Waals surface area contributed by atoms with Crippen LogP contribution in [0.3, 0.4) is 0 Å². The molecule has 0 fully saturated rings. The van der Waals surface area contributed by atoms with E-state index in [1.165, 1.54) is 45.3 Å². The highest BCUT2D eigenvalue weighted by Crippen LogP contribution is 2.48. The number of ether oxygens (including phenoxy) is 1. The lowest BCUT2D eigenvalue weighted by molar-refractivity contribution is 0.382. The molecule has 5 nitrogen and oxygen atoms in total. The van der Waals surface area contributed by atoms with Crippen LogP contribution >= 0.6 is 0 Å². The van der Waals surface area contributed by atoms with Crippen molar-refractivity contribution in [2.24, 2.45) is 11.8 Å². The van der Waals surface area contributed by atoms with E-state index in [0.717, 1.165) is 39.6 Å². The molecule has 258 valence electrons. The van der Waals surface area contributed by atoms with Gasteiger partial charge in [-0.15, -0.1) is 0 Å². The molecule has 3 atom stereocenters. The molecule has 0 aliphatic heterocycles. The topological polar surface area (TPSA) is 44.9 Å². The lowest BCUT2D eigenvalue weighted by Gasteiger charge is -2.36. The summed E-state index contributed by atoms with van der Waals surface area (Å²) in [6.07, 6.45) is 5.56. The van der Waals surface area contributed by atoms with E-state index in [2.05, 4.69) is 158 Å². The van der Waals surface area contributed by atoms with Gasteiger partial charge in [0.05, 0.1) is 28.1 Å². The van der Waals surface area contributed by atoms with Gasteiger partial charge in [-0.3, -0.25) is 4.57 Å². The van der Waals surface area contributed by atoms with Gasteiger partial charge >= 0.3 is 0 Å². The predicted molar refractivity (Wildman–Crippen MR) is 209 cm³/mol. The van der Waals surface area contributed by atoms with Crippen LogP contribution in [0.5, 0.6) is 11.5 Å². The number of fused-ring (bicyclic) bond motifs is 3. The Labute approximate surface area is 298 Å². The summed E-state index contributed by atoms with van der Waals surface area (Å²) < 4.78 is 11.2. The second-order valence-corrected chi connectivity index (χ2v) is 16.9. The highest BCUT2D eigenvalue weighted by Gasteiger charge is 2.39. The van der Waals surface area contributed by atoms with Crippen LogP contribution in [0, 0.1) is 25.7 Å². The predicted octanol–water partition coefficient (Wildman–Crippen LogP) is 12.1. The number of benzene rings is 3. The van der Waals surface area contributed by atoms with Gasteiger partial charge in [0.1, 0.15) is 17.3 Å². The van der Waals surface area contributed by atoms with Crippen molar-refractivity contribution in [3.63, 3.8) is 0 Å². The minimum absolute atomic E-state index is 0.118. The summed E-state index contributed by atoms with van der Waals surface area (Å²) >= 11 is 0. The fraction of sp³-hybridized carbons (Fsp3) is 0.378. The lowest BCUT2D eigenvalue weighted by atomic mass is 9.68. The molecule has 3 aromatic heterocycles. The van der Waals surface area contributed by atoms with Crippen LogP contribution in [-0.2, 0) is 10.8 Å². The summed E-state index contributed by atoms with van der Waals surface area (Å²) in [6, 6.07) is 25.6. The van der Waals surface area contributed by atoms with E-state index in [-0.39, 0.29) is 10.8 Å². The molecule has 0 N–H and O–H groups in total. The van der Waals surface area contributed by atoms with Crippen molar-refractivity contribution in [1.29, 1.82) is 0 Å². The van der Waals surface area contributed by atoms with E-state index >= 15 is 0 Å². The minimum atomic E-state index is -0.137. The number of hydrogen-bond donors (Lipinski definition) is 0. The Morgan fingerprint density at radius 1 is 0.740 bits per heavy atom. The molecular formula is C45H52N4O. The van der Waals surface area contributed by atoms with Crippen molar-refractivity contribution in [2.45, 2.75) is 99.3 Å². The third kappa shape index (κ3) is 6.05. The first kappa shape index (κ1) is 33.8. The first-order valence-corrected chi connectivity index (χ1v) is 18.2. The molecule has 50 heavy (non-hydrogen) atoms. The number of para-hydroxylation sites is 1. The molecule has 0 radical (unpaired) electrons. The number of hydrogen-bond acceptors (Lipinski definition) is 3. The van der Waals surface area contributed by atoms with Crippen LogP contribution in [0.15, 0.2) is 90.6 Å². The Balaban J connectivity index is 1.37. The zero-order chi connectivity index (χ0) is 35.7. The van der Waals surface area contributed by atoms with Crippen LogP contribution in [0.4, 0.5) is 0 Å². The van der Waals surface area contributed by atoms with Crippen molar-refractivity contribution >= 4 is 21.8 Å². The van der Waals surface area contributed by atoms with Crippen LogP contribution in [0.25, 0.3) is 33.3 Å². The summed E-state index contributed by atoms with van der Waals surface area (Å²) in [6.45, 7) is 25.3. The molecule has 3 heterocycles. The first-order chi connectivity index (χ1) is 23.6. The molecule has 0 saturated carbocycles. The molecule has 0 bridgehead atoms. The molecule has 0 spiro atoms. The van der Waals surface area contributed by atoms with Crippen LogP contribution in [0.1, 0.15) is 103 Å². The van der Waals surface area contributed by atoms with Gasteiger partial charge in [-0.2, -0.15) is 5.10 Å². The van der Waals surface area contributed by atoms with Crippen LogP contribution < -0.4 is 4.74 Å². The molecule has 1 unspecified atom stereocenters. The summed E-state index contributed by atoms with van der Waals surface area (Å²) in [5, 5.41) is 7.88. The lowest BCUT2D eigenvalue weighted by Crippen LogP contribution is -2.27. The maximum atomic E-state index is 6.75. The summed E-state index contributed by atoms with van der Waals surface area (Å²) in [7, 11) is 0. The fourth-order valence-corrected chi connectivity index (χ4v) is 8.44. The molecule has 5 heteroatoms. The van der Waals surface area contributed by atoms with E-state index in [0.29, 0.717) is 17.8 Å². The summed E-state index contributed by atoms with van der Waals surface area (Å²) in [5.74, 6) is 3.94. The minimum Gasteiger partial charge on any atom is -0.457 e. The second kappa shape index (κ2) is 12.3. The number of allylic oxidation sites excluding steroid dienone is 2. The smallest absolute Gasteiger partial charge is 0.137 e. The van der Waals surface area contributed by atoms with Gasteiger partial charge in [0.15, 0.2) is 0 Å². The number of nitrogens with zero attached hydrogens (tertiary/aromatic N) is 4. The quantitative estimate of drug-likeness (QED) is 0.172. The van der Waals surface area contributed by atoms with E-state index < -0.39 is 0 Å². The fourth-order valence-electron chi connectivity index (χ4n) is 8.44. The molecule has 3 aromatic carbocycles. The van der Waals surface area contributed by atoms with Crippen molar-refractivity contribution in [3.05, 3.63) is 119 Å². The highest BCUT2D eigenvalue weighted by atomic mass is 16.5. The standard InChI is InChI=1S/C45H52N4O/c1-27-18-19-46-39(24-27)48-37-15-13-12-14-35(37)36-17-16-33(26-38(36)48)50-34-23-29(3)22-32(25-34)49-43(45(9,10)11)41(42(47-49)44(6,7)8)40-30(4)20-28(2)21-31(40)5/h12-20,22-26,28,31,40H,21H2,1-11H3/t28-,31-,40?/m0/s1. The van der Waals surface area contributed by atoms with Gasteiger partial charge in [-0.05, 0) is 92.6 Å². The van der Waals surface area contributed by atoms with Crippen molar-refractivity contribution in [2.75, 3.05) is 0 Å². The van der Waals surface area contributed by atoms with Crippen molar-refractivity contribution in [1.82, 2.24) is 19.3 Å². The zero-order valence-corrected chi connectivity index (χ0v) is 31.7. The molecule has 1 aliphatic carbocycles. The molecule has 0 saturated heterocycles. The third-order valence-corrected chi connectivity index (χ3v) is 10.3. The van der Waals surface area contributed by atoms with E-state index in [9.17, 15) is 0 Å². The summed E-state index contributed by atoms with van der Waals surface area (Å²) in [5.41, 5.74) is 10.6. The van der Waals surface area contributed by atoms with Gasteiger partial charge in [-0.1, -0.05) is 85.2 Å². The Morgan fingerprint density at radius 3 is 2.18 bits per heavy atom. The van der Waals surface area contributed by atoms with Gasteiger partial charge in [0.25, 0.3) is 0 Å². The van der Waals surface area contributed by atoms with Gasteiger partial charge in [0.2, 0.25) is 0 Å². The number of pyridine rings is 1. The third-order valence-electron chi connectivity index (χ3n) is 10.3. The average molecular weight is 665 g/mol. The molecule has 6 aromatic rings. The Hall–Kier alpha value is -4.64. The Kier molecular flexibility index (Phi) is 8.32. The largest absolute Gasteiger partial charge is 0.457 e. The second-order valence-electron chi connectivity index (χ2n) is 16.9. The number of aryl methyl sites for hydroxylation is 2. The van der Waals surface area contributed by atoms with Gasteiger partial charge in [0, 0.05) is 51.4 Å². The Morgan fingerprint density at radius 2 is 1.48 bits per heavy atom. The van der Waals surface area contributed by atoms with Gasteiger partial charge in [-0.25, -0.2) is 9.67 Å². The molecule has 7 rings (SSSR count). The first-order valence-electron chi connectivity index (χ1n) is 18.2. The van der Waals surface area contributed by atoms with Gasteiger partial charge < -0.3 is 4.74 Å². The highest BCUT2D eigenvalue weighted by molar-refractivity contribution is 6.09. The average Bonchev–Trinajstić information content (AvgIpc) is 3.57. The monoisotopic (exact) mass is 664 g/mol. The normalized spacial score (nSPS) is 18.5. The van der Waals surface area contributed by atoms with Crippen molar-refractivity contribution in [3.8, 4) is 23.0 Å². The van der Waals surface area contributed by atoms with Crippen LogP contribution in [-0.4, -0.2) is 19.3 Å². The van der Waals surface area contributed by atoms with E-state index in [1.54, 1.807) is 0 Å². The zero-order valence-electron chi connectivity index (χ0n) is 31.7. The number of rotatable bonds is 5. The summed E-state index contributed by atoms with van der Waals surface area (Å²) in [4.78, 5) is 4.76. The maximum Gasteiger partial charge on any atom is 0.137 e. The van der Waals surface area contributed by atoms with Crippen molar-refractivity contribution < 1.29 is 4.74 Å². The molecule has 1 aliphatic rings. The molecular weight excluding hydrogens is 613 g/mol. The SMILES string of the molecule is CC1=C[C@H](C)C[C@H](C)C1c1c(C(C)(C)C)nn(-c2cc(C)cc(Oc3ccc4c5ccccc5n(-c5cc(C)ccn5)c4c3)c2)c1C(C)(C)C. The van der Waals surface area contributed by atoms with E-state index in [4.69, 9.17) is 14.8 Å².